The lowest BCUT2D eigenvalue weighted by atomic mass is 10.3. The molecule has 28 heavy (non-hydrogen) atoms. The molecule has 10 heteroatoms. The van der Waals surface area contributed by atoms with E-state index in [4.69, 9.17) is 4.52 Å². The van der Waals surface area contributed by atoms with Crippen molar-refractivity contribution in [3.8, 4) is 0 Å². The first-order valence-corrected chi connectivity index (χ1v) is 9.61. The zero-order valence-corrected chi connectivity index (χ0v) is 15.7. The molecule has 0 bridgehead atoms. The molecular formula is C18H22N8O2. The van der Waals surface area contributed by atoms with Crippen molar-refractivity contribution in [2.75, 3.05) is 31.1 Å². The van der Waals surface area contributed by atoms with Gasteiger partial charge < -0.3 is 19.6 Å². The van der Waals surface area contributed by atoms with Crippen LogP contribution >= 0.6 is 0 Å². The highest BCUT2D eigenvalue weighted by molar-refractivity contribution is 5.75. The standard InChI is InChI=1S/C18H22N8O2/c1-12(17-21-16(23-28-17)13-2-3-13)20-18(27)25-10-8-24(9-11-25)15-5-4-14-19-6-7-26(14)22-15/h4-7,12-13H,2-3,8-11H2,1H3,(H,20,27)/t12-/m0/s1. The largest absolute Gasteiger partial charge is 0.352 e. The van der Waals surface area contributed by atoms with Gasteiger partial charge in [0.05, 0.1) is 0 Å². The van der Waals surface area contributed by atoms with Crippen LogP contribution in [-0.2, 0) is 0 Å². The van der Waals surface area contributed by atoms with Crippen molar-refractivity contribution in [1.82, 2.24) is 35.0 Å². The predicted molar refractivity (Wildman–Crippen MR) is 100.0 cm³/mol. The molecule has 146 valence electrons. The van der Waals surface area contributed by atoms with Gasteiger partial charge in [0.2, 0.25) is 5.89 Å². The topological polar surface area (TPSA) is 105 Å². The molecule has 5 rings (SSSR count). The summed E-state index contributed by atoms with van der Waals surface area (Å²) >= 11 is 0. The van der Waals surface area contributed by atoms with Crippen LogP contribution in [0.1, 0.15) is 43.4 Å². The summed E-state index contributed by atoms with van der Waals surface area (Å²) in [6.45, 7) is 4.56. The number of fused-ring (bicyclic) bond motifs is 1. The second-order valence-electron chi connectivity index (χ2n) is 7.33. The number of carbonyl (C=O) groups is 1. The van der Waals surface area contributed by atoms with E-state index in [1.54, 1.807) is 15.6 Å². The second kappa shape index (κ2) is 6.77. The number of rotatable bonds is 4. The second-order valence-corrected chi connectivity index (χ2v) is 7.33. The van der Waals surface area contributed by atoms with E-state index in [0.717, 1.165) is 43.2 Å². The Morgan fingerprint density at radius 2 is 2.07 bits per heavy atom. The number of piperazine rings is 1. The van der Waals surface area contributed by atoms with Crippen LogP contribution in [0, 0.1) is 0 Å². The van der Waals surface area contributed by atoms with Crippen molar-refractivity contribution < 1.29 is 9.32 Å². The third-order valence-corrected chi connectivity index (χ3v) is 5.24. The number of amides is 2. The molecule has 10 nitrogen and oxygen atoms in total. The first-order chi connectivity index (χ1) is 13.7. The minimum Gasteiger partial charge on any atom is -0.352 e. The summed E-state index contributed by atoms with van der Waals surface area (Å²) in [4.78, 5) is 25.2. The summed E-state index contributed by atoms with van der Waals surface area (Å²) in [5, 5.41) is 11.5. The molecule has 1 saturated carbocycles. The molecule has 1 aliphatic carbocycles. The number of urea groups is 1. The lowest BCUT2D eigenvalue weighted by Crippen LogP contribution is -2.52. The van der Waals surface area contributed by atoms with Gasteiger partial charge in [0.25, 0.3) is 0 Å². The monoisotopic (exact) mass is 382 g/mol. The molecule has 0 unspecified atom stereocenters. The van der Waals surface area contributed by atoms with Gasteiger partial charge >= 0.3 is 6.03 Å². The van der Waals surface area contributed by atoms with Gasteiger partial charge in [0.15, 0.2) is 11.5 Å². The first kappa shape index (κ1) is 17.0. The van der Waals surface area contributed by atoms with Gasteiger partial charge in [-0.15, -0.1) is 5.10 Å². The third kappa shape index (κ3) is 3.25. The molecule has 0 radical (unpaired) electrons. The molecule has 1 N–H and O–H groups in total. The Labute approximate surface area is 161 Å². The van der Waals surface area contributed by atoms with Gasteiger partial charge in [0.1, 0.15) is 11.9 Å². The third-order valence-electron chi connectivity index (χ3n) is 5.24. The van der Waals surface area contributed by atoms with Crippen molar-refractivity contribution in [2.24, 2.45) is 0 Å². The number of aromatic nitrogens is 5. The summed E-state index contributed by atoms with van der Waals surface area (Å²) in [6.07, 6.45) is 5.79. The Hall–Kier alpha value is -3.17. The van der Waals surface area contributed by atoms with Crippen LogP contribution < -0.4 is 10.2 Å². The van der Waals surface area contributed by atoms with E-state index < -0.39 is 0 Å². The molecule has 3 aromatic rings. The van der Waals surface area contributed by atoms with Crippen LogP contribution in [0.5, 0.6) is 0 Å². The van der Waals surface area contributed by atoms with Crippen molar-refractivity contribution in [3.05, 3.63) is 36.2 Å². The van der Waals surface area contributed by atoms with Gasteiger partial charge in [0, 0.05) is 44.5 Å². The molecule has 4 heterocycles. The number of imidazole rings is 1. The smallest absolute Gasteiger partial charge is 0.318 e. The summed E-state index contributed by atoms with van der Waals surface area (Å²) in [5.41, 5.74) is 0.821. The summed E-state index contributed by atoms with van der Waals surface area (Å²) < 4.78 is 7.06. The molecule has 2 aliphatic rings. The minimum absolute atomic E-state index is 0.114. The minimum atomic E-state index is -0.309. The van der Waals surface area contributed by atoms with Gasteiger partial charge in [-0.3, -0.25) is 0 Å². The Kier molecular flexibility index (Phi) is 4.10. The molecule has 3 aromatic heterocycles. The van der Waals surface area contributed by atoms with Crippen molar-refractivity contribution >= 4 is 17.5 Å². The maximum Gasteiger partial charge on any atom is 0.318 e. The van der Waals surface area contributed by atoms with Crippen LogP contribution in [0.3, 0.4) is 0 Å². The lowest BCUT2D eigenvalue weighted by Gasteiger charge is -2.35. The number of carbonyl (C=O) groups excluding carboxylic acids is 1. The normalized spacial score (nSPS) is 18.5. The molecule has 0 spiro atoms. The number of nitrogens with zero attached hydrogens (tertiary/aromatic N) is 7. The Morgan fingerprint density at radius 1 is 1.25 bits per heavy atom. The predicted octanol–water partition coefficient (Wildman–Crippen LogP) is 1.58. The van der Waals surface area contributed by atoms with Gasteiger partial charge in [-0.25, -0.2) is 14.3 Å². The fraction of sp³-hybridized carbons (Fsp3) is 0.500. The zero-order chi connectivity index (χ0) is 19.1. The highest BCUT2D eigenvalue weighted by Crippen LogP contribution is 2.38. The van der Waals surface area contributed by atoms with E-state index in [0.29, 0.717) is 24.9 Å². The van der Waals surface area contributed by atoms with E-state index in [9.17, 15) is 4.79 Å². The van der Waals surface area contributed by atoms with Crippen LogP contribution in [0.4, 0.5) is 10.6 Å². The average Bonchev–Trinajstić information content (AvgIpc) is 3.26. The van der Waals surface area contributed by atoms with Gasteiger partial charge in [-0.05, 0) is 31.9 Å². The molecule has 2 fully saturated rings. The lowest BCUT2D eigenvalue weighted by molar-refractivity contribution is 0.188. The summed E-state index contributed by atoms with van der Waals surface area (Å²) in [6, 6.07) is 3.49. The highest BCUT2D eigenvalue weighted by Gasteiger charge is 2.30. The van der Waals surface area contributed by atoms with E-state index in [1.165, 1.54) is 0 Å². The van der Waals surface area contributed by atoms with Crippen molar-refractivity contribution in [1.29, 1.82) is 0 Å². The number of nitrogens with one attached hydrogen (secondary N) is 1. The molecule has 1 saturated heterocycles. The van der Waals surface area contributed by atoms with E-state index in [2.05, 4.69) is 30.4 Å². The van der Waals surface area contributed by atoms with Gasteiger partial charge in [-0.1, -0.05) is 5.16 Å². The number of anilines is 1. The Balaban J connectivity index is 1.17. The Bertz CT molecular complexity index is 986. The molecule has 1 aliphatic heterocycles. The Morgan fingerprint density at radius 3 is 2.86 bits per heavy atom. The van der Waals surface area contributed by atoms with Crippen LogP contribution in [-0.4, -0.2) is 61.8 Å². The summed E-state index contributed by atoms with van der Waals surface area (Å²) in [7, 11) is 0. The SMILES string of the molecule is C[C@H](NC(=O)N1CCN(c2ccc3nccn3n2)CC1)c1nc(C2CC2)no1. The molecule has 1 atom stereocenters. The van der Waals surface area contributed by atoms with Crippen LogP contribution in [0.15, 0.2) is 29.0 Å². The molecule has 2 amide bonds. The van der Waals surface area contributed by atoms with E-state index >= 15 is 0 Å². The van der Waals surface area contributed by atoms with Gasteiger partial charge in [-0.2, -0.15) is 4.98 Å². The van der Waals surface area contributed by atoms with Crippen molar-refractivity contribution in [2.45, 2.75) is 31.7 Å². The number of hydrogen-bond acceptors (Lipinski definition) is 7. The molecule has 0 aromatic carbocycles. The number of hydrogen-bond donors (Lipinski definition) is 1. The average molecular weight is 382 g/mol. The highest BCUT2D eigenvalue weighted by atomic mass is 16.5. The van der Waals surface area contributed by atoms with Crippen LogP contribution in [0.25, 0.3) is 5.65 Å². The maximum absolute atomic E-state index is 12.6. The fourth-order valence-electron chi connectivity index (χ4n) is 3.38. The van der Waals surface area contributed by atoms with Crippen LogP contribution in [0.2, 0.25) is 0 Å². The quantitative estimate of drug-likeness (QED) is 0.730. The maximum atomic E-state index is 12.6. The van der Waals surface area contributed by atoms with E-state index in [1.807, 2.05) is 25.3 Å². The van der Waals surface area contributed by atoms with Crippen molar-refractivity contribution in [3.63, 3.8) is 0 Å². The molecular weight excluding hydrogens is 360 g/mol. The fourth-order valence-corrected chi connectivity index (χ4v) is 3.38. The zero-order valence-electron chi connectivity index (χ0n) is 15.7. The first-order valence-electron chi connectivity index (χ1n) is 9.61. The summed E-state index contributed by atoms with van der Waals surface area (Å²) in [5.74, 6) is 2.54. The van der Waals surface area contributed by atoms with E-state index in [-0.39, 0.29) is 12.1 Å².